The summed E-state index contributed by atoms with van der Waals surface area (Å²) >= 11 is 0. The molecule has 3 amide bonds. The van der Waals surface area contributed by atoms with E-state index >= 15 is 0 Å². The van der Waals surface area contributed by atoms with Crippen molar-refractivity contribution in [3.8, 4) is 16.9 Å². The summed E-state index contributed by atoms with van der Waals surface area (Å²) in [4.78, 5) is 38.2. The summed E-state index contributed by atoms with van der Waals surface area (Å²) in [7, 11) is -3.35. The maximum absolute atomic E-state index is 12.9. The summed E-state index contributed by atoms with van der Waals surface area (Å²) in [5.74, 6) is -1.03. The summed E-state index contributed by atoms with van der Waals surface area (Å²) in [5, 5.41) is 10.6. The minimum atomic E-state index is -3.35. The monoisotopic (exact) mass is 465 g/mol. The molecule has 1 N–H and O–H groups in total. The maximum Gasteiger partial charge on any atom is 0.255 e. The summed E-state index contributed by atoms with van der Waals surface area (Å²) in [5.41, 5.74) is 3.04. The summed E-state index contributed by atoms with van der Waals surface area (Å²) in [6.07, 6.45) is 3.32. The molecule has 2 aliphatic rings. The van der Waals surface area contributed by atoms with E-state index in [-0.39, 0.29) is 29.7 Å². The van der Waals surface area contributed by atoms with Crippen LogP contribution in [0.25, 0.3) is 16.9 Å². The molecule has 0 aliphatic carbocycles. The summed E-state index contributed by atoms with van der Waals surface area (Å²) < 4.78 is 25.2. The normalized spacial score (nSPS) is 18.4. The molecule has 168 valence electrons. The van der Waals surface area contributed by atoms with Crippen molar-refractivity contribution in [2.45, 2.75) is 30.3 Å². The van der Waals surface area contributed by atoms with Gasteiger partial charge in [0.2, 0.25) is 11.8 Å². The lowest BCUT2D eigenvalue weighted by Crippen LogP contribution is -2.52. The van der Waals surface area contributed by atoms with Gasteiger partial charge in [0, 0.05) is 30.3 Å². The Hall–Kier alpha value is -3.86. The molecule has 1 atom stereocenters. The van der Waals surface area contributed by atoms with E-state index in [4.69, 9.17) is 0 Å². The second-order valence-corrected chi connectivity index (χ2v) is 10.1. The molecular formula is C22H19N5O5S. The van der Waals surface area contributed by atoms with Crippen LogP contribution < -0.4 is 5.32 Å². The molecule has 0 saturated carbocycles. The van der Waals surface area contributed by atoms with Gasteiger partial charge in [-0.2, -0.15) is 0 Å². The zero-order chi connectivity index (χ0) is 23.3. The van der Waals surface area contributed by atoms with Gasteiger partial charge in [-0.3, -0.25) is 19.7 Å². The number of carbonyl (C=O) groups excluding carboxylic acids is 3. The van der Waals surface area contributed by atoms with Crippen molar-refractivity contribution >= 4 is 27.6 Å². The quantitative estimate of drug-likeness (QED) is 0.571. The first kappa shape index (κ1) is 21.0. The van der Waals surface area contributed by atoms with Crippen LogP contribution in [-0.2, 0) is 26.0 Å². The molecule has 1 fully saturated rings. The molecule has 0 spiro atoms. The number of imide groups is 1. The number of nitrogens with one attached hydrogen (secondary N) is 1. The van der Waals surface area contributed by atoms with Gasteiger partial charge in [0.05, 0.1) is 16.8 Å². The standard InChI is InChI=1S/C22H19N5O5S/c1-33(31,32)16-4-2-3-13(10-16)18-12-27(25-24-18)15-5-6-17-14(9-15)11-26(22(17)30)19-7-8-20(28)23-21(19)29/h2-6,9-10,12,19H,7-8,11H2,1H3,(H,23,28,29). The average Bonchev–Trinajstić information content (AvgIpc) is 3.39. The predicted octanol–water partition coefficient (Wildman–Crippen LogP) is 1.10. The van der Waals surface area contributed by atoms with Crippen molar-refractivity contribution in [3.63, 3.8) is 0 Å². The molecule has 2 aliphatic heterocycles. The Morgan fingerprint density at radius 3 is 2.67 bits per heavy atom. The van der Waals surface area contributed by atoms with Gasteiger partial charge in [0.15, 0.2) is 9.84 Å². The highest BCUT2D eigenvalue weighted by atomic mass is 32.2. The van der Waals surface area contributed by atoms with Crippen molar-refractivity contribution in [2.24, 2.45) is 0 Å². The molecule has 33 heavy (non-hydrogen) atoms. The Labute approximate surface area is 189 Å². The molecule has 11 heteroatoms. The first-order chi connectivity index (χ1) is 15.7. The van der Waals surface area contributed by atoms with E-state index in [1.165, 1.54) is 11.0 Å². The van der Waals surface area contributed by atoms with E-state index in [2.05, 4.69) is 15.6 Å². The van der Waals surface area contributed by atoms with Crippen LogP contribution in [0, 0.1) is 0 Å². The fourth-order valence-electron chi connectivity index (χ4n) is 4.11. The highest BCUT2D eigenvalue weighted by molar-refractivity contribution is 7.90. The second kappa shape index (κ2) is 7.62. The van der Waals surface area contributed by atoms with Gasteiger partial charge in [0.1, 0.15) is 11.7 Å². The third kappa shape index (κ3) is 3.80. The number of hydrogen-bond acceptors (Lipinski definition) is 7. The topological polar surface area (TPSA) is 131 Å². The Kier molecular flexibility index (Phi) is 4.85. The van der Waals surface area contributed by atoms with Crippen LogP contribution >= 0.6 is 0 Å². The van der Waals surface area contributed by atoms with Crippen LogP contribution in [0.3, 0.4) is 0 Å². The van der Waals surface area contributed by atoms with Crippen LogP contribution in [0.2, 0.25) is 0 Å². The number of rotatable bonds is 4. The van der Waals surface area contributed by atoms with Crippen LogP contribution in [0.5, 0.6) is 0 Å². The molecule has 1 aromatic heterocycles. The predicted molar refractivity (Wildman–Crippen MR) is 116 cm³/mol. The lowest BCUT2D eigenvalue weighted by molar-refractivity contribution is -0.136. The number of amides is 3. The average molecular weight is 465 g/mol. The molecule has 0 bridgehead atoms. The van der Waals surface area contributed by atoms with E-state index in [1.54, 1.807) is 41.2 Å². The van der Waals surface area contributed by atoms with Gasteiger partial charge in [-0.1, -0.05) is 17.3 Å². The fourth-order valence-corrected chi connectivity index (χ4v) is 4.78. The van der Waals surface area contributed by atoms with E-state index in [1.807, 2.05) is 6.07 Å². The van der Waals surface area contributed by atoms with Gasteiger partial charge in [-0.25, -0.2) is 13.1 Å². The second-order valence-electron chi connectivity index (χ2n) is 8.09. The zero-order valence-corrected chi connectivity index (χ0v) is 18.4. The first-order valence-corrected chi connectivity index (χ1v) is 12.1. The van der Waals surface area contributed by atoms with Crippen molar-refractivity contribution in [2.75, 3.05) is 6.26 Å². The minimum absolute atomic E-state index is 0.194. The number of aromatic nitrogens is 3. The SMILES string of the molecule is CS(=O)(=O)c1cccc(-c2cn(-c3ccc4c(c3)CN(C3CCC(=O)NC3=O)C4=O)nn2)c1. The first-order valence-electron chi connectivity index (χ1n) is 10.2. The molecule has 2 aromatic carbocycles. The van der Waals surface area contributed by atoms with E-state index in [0.717, 1.165) is 11.8 Å². The number of nitrogens with zero attached hydrogens (tertiary/aromatic N) is 4. The lowest BCUT2D eigenvalue weighted by atomic mass is 10.0. The third-order valence-corrected chi connectivity index (χ3v) is 6.93. The van der Waals surface area contributed by atoms with Crippen LogP contribution in [0.4, 0.5) is 0 Å². The van der Waals surface area contributed by atoms with E-state index in [9.17, 15) is 22.8 Å². The van der Waals surface area contributed by atoms with E-state index < -0.39 is 21.8 Å². The van der Waals surface area contributed by atoms with Crippen molar-refractivity contribution < 1.29 is 22.8 Å². The molecule has 5 rings (SSSR count). The molecule has 3 heterocycles. The van der Waals surface area contributed by atoms with Crippen LogP contribution in [-0.4, -0.2) is 58.3 Å². The Bertz CT molecular complexity index is 1430. The Morgan fingerprint density at radius 1 is 1.09 bits per heavy atom. The molecule has 1 saturated heterocycles. The third-order valence-electron chi connectivity index (χ3n) is 5.82. The van der Waals surface area contributed by atoms with Crippen molar-refractivity contribution in [1.29, 1.82) is 0 Å². The van der Waals surface area contributed by atoms with Gasteiger partial charge < -0.3 is 4.90 Å². The van der Waals surface area contributed by atoms with Crippen LogP contribution in [0.15, 0.2) is 53.6 Å². The molecule has 1 unspecified atom stereocenters. The van der Waals surface area contributed by atoms with Crippen LogP contribution in [0.1, 0.15) is 28.8 Å². The number of benzene rings is 2. The smallest absolute Gasteiger partial charge is 0.255 e. The summed E-state index contributed by atoms with van der Waals surface area (Å²) in [6.45, 7) is 0.256. The highest BCUT2D eigenvalue weighted by Crippen LogP contribution is 2.29. The Morgan fingerprint density at radius 2 is 1.91 bits per heavy atom. The highest BCUT2D eigenvalue weighted by Gasteiger charge is 2.39. The van der Waals surface area contributed by atoms with Gasteiger partial charge in [0.25, 0.3) is 5.91 Å². The molecular weight excluding hydrogens is 446 g/mol. The maximum atomic E-state index is 12.9. The zero-order valence-electron chi connectivity index (χ0n) is 17.6. The number of piperidine rings is 1. The van der Waals surface area contributed by atoms with Gasteiger partial charge in [-0.15, -0.1) is 5.10 Å². The lowest BCUT2D eigenvalue weighted by Gasteiger charge is -2.29. The largest absolute Gasteiger partial charge is 0.322 e. The molecule has 10 nitrogen and oxygen atoms in total. The summed E-state index contributed by atoms with van der Waals surface area (Å²) in [6, 6.07) is 11.0. The van der Waals surface area contributed by atoms with Crippen molar-refractivity contribution in [1.82, 2.24) is 25.2 Å². The number of fused-ring (bicyclic) bond motifs is 1. The van der Waals surface area contributed by atoms with Crippen molar-refractivity contribution in [3.05, 3.63) is 59.8 Å². The Balaban J connectivity index is 1.41. The fraction of sp³-hybridized carbons (Fsp3) is 0.227. The molecule has 0 radical (unpaired) electrons. The minimum Gasteiger partial charge on any atom is -0.322 e. The van der Waals surface area contributed by atoms with Gasteiger partial charge in [-0.05, 0) is 42.3 Å². The number of hydrogen-bond donors (Lipinski definition) is 1. The van der Waals surface area contributed by atoms with E-state index in [0.29, 0.717) is 28.9 Å². The van der Waals surface area contributed by atoms with Gasteiger partial charge >= 0.3 is 0 Å². The molecule has 3 aromatic rings. The number of sulfone groups is 1. The number of carbonyl (C=O) groups is 3.